The van der Waals surface area contributed by atoms with Crippen LogP contribution in [0.1, 0.15) is 29.6 Å². The second kappa shape index (κ2) is 3.34. The Kier molecular flexibility index (Phi) is 1.88. The molecule has 2 fully saturated rings. The normalized spacial score (nSPS) is 29.4. The van der Waals surface area contributed by atoms with Crippen LogP contribution in [0.5, 0.6) is 0 Å². The van der Waals surface area contributed by atoms with Crippen LogP contribution in [0.3, 0.4) is 0 Å². The first-order valence-corrected chi connectivity index (χ1v) is 6.50. The first kappa shape index (κ1) is 10.1. The van der Waals surface area contributed by atoms with Crippen molar-refractivity contribution in [3.8, 4) is 0 Å². The lowest BCUT2D eigenvalue weighted by Gasteiger charge is -2.03. The van der Waals surface area contributed by atoms with Crippen LogP contribution in [0, 0.1) is 17.8 Å². The number of aromatic amines is 2. The van der Waals surface area contributed by atoms with Gasteiger partial charge in [-0.3, -0.25) is 4.79 Å². The lowest BCUT2D eigenvalue weighted by atomic mass is 10.0. The van der Waals surface area contributed by atoms with Gasteiger partial charge in [-0.1, -0.05) is 6.42 Å². The van der Waals surface area contributed by atoms with Crippen molar-refractivity contribution in [1.82, 2.24) is 9.97 Å². The number of carbonyl (C=O) groups excluding carboxylic acids is 1. The molecule has 18 heavy (non-hydrogen) atoms. The lowest BCUT2D eigenvalue weighted by Crippen LogP contribution is -2.06. The molecule has 0 bridgehead atoms. The van der Waals surface area contributed by atoms with E-state index in [0.29, 0.717) is 11.8 Å². The van der Waals surface area contributed by atoms with E-state index in [1.54, 1.807) is 12.1 Å². The zero-order valence-electron chi connectivity index (χ0n) is 9.90. The summed E-state index contributed by atoms with van der Waals surface area (Å²) in [6.45, 7) is 0. The number of H-pyrrole nitrogens is 2. The fraction of sp³-hybridized carbons (Fsp3) is 0.429. The molecule has 0 spiro atoms. The molecule has 1 aromatic heterocycles. The predicted molar refractivity (Wildman–Crippen MR) is 67.6 cm³/mol. The maximum atomic E-state index is 12.4. The number of hydrogen-bond acceptors (Lipinski definition) is 2. The summed E-state index contributed by atoms with van der Waals surface area (Å²) in [5, 5.41) is 0. The van der Waals surface area contributed by atoms with Gasteiger partial charge in [-0.05, 0) is 42.9 Å². The van der Waals surface area contributed by atoms with Crippen molar-refractivity contribution >= 4 is 16.8 Å². The summed E-state index contributed by atoms with van der Waals surface area (Å²) < 4.78 is 0. The number of benzene rings is 1. The van der Waals surface area contributed by atoms with Crippen LogP contribution >= 0.6 is 0 Å². The fourth-order valence-corrected chi connectivity index (χ4v) is 3.59. The van der Waals surface area contributed by atoms with Crippen molar-refractivity contribution < 1.29 is 4.79 Å². The SMILES string of the molecule is O=C(c1ccc2[nH]c(=O)[nH]c2c1)C1C2CCCC21. The van der Waals surface area contributed by atoms with Crippen LogP contribution in [0.25, 0.3) is 11.0 Å². The van der Waals surface area contributed by atoms with Crippen molar-refractivity contribution in [3.05, 3.63) is 34.2 Å². The zero-order chi connectivity index (χ0) is 12.3. The number of aromatic nitrogens is 2. The maximum absolute atomic E-state index is 12.4. The van der Waals surface area contributed by atoms with Crippen LogP contribution in [0.2, 0.25) is 0 Å². The summed E-state index contributed by atoms with van der Waals surface area (Å²) in [5.74, 6) is 1.78. The third-order valence-corrected chi connectivity index (χ3v) is 4.51. The van der Waals surface area contributed by atoms with Crippen molar-refractivity contribution in [3.63, 3.8) is 0 Å². The summed E-state index contributed by atoms with van der Waals surface area (Å²) in [5.41, 5.74) is 1.99. The zero-order valence-corrected chi connectivity index (χ0v) is 9.90. The van der Waals surface area contributed by atoms with Crippen molar-refractivity contribution in [2.75, 3.05) is 0 Å². The van der Waals surface area contributed by atoms with Crippen LogP contribution in [0.15, 0.2) is 23.0 Å². The van der Waals surface area contributed by atoms with Gasteiger partial charge in [-0.25, -0.2) is 4.79 Å². The van der Waals surface area contributed by atoms with E-state index < -0.39 is 0 Å². The highest BCUT2D eigenvalue weighted by atomic mass is 16.1. The Morgan fingerprint density at radius 2 is 1.83 bits per heavy atom. The molecule has 2 atom stereocenters. The van der Waals surface area contributed by atoms with E-state index >= 15 is 0 Å². The molecule has 0 radical (unpaired) electrons. The van der Waals surface area contributed by atoms with Gasteiger partial charge in [-0.2, -0.15) is 0 Å². The second-order valence-corrected chi connectivity index (χ2v) is 5.49. The van der Waals surface area contributed by atoms with Gasteiger partial charge in [0.15, 0.2) is 5.78 Å². The number of Topliss-reactive ketones (excluding diaryl/α,β-unsaturated/α-hetero) is 1. The highest BCUT2D eigenvalue weighted by Crippen LogP contribution is 2.58. The summed E-state index contributed by atoms with van der Waals surface area (Å²) in [7, 11) is 0. The minimum absolute atomic E-state index is 0.224. The van der Waals surface area contributed by atoms with Crippen LogP contribution < -0.4 is 5.69 Å². The Morgan fingerprint density at radius 3 is 2.61 bits per heavy atom. The smallest absolute Gasteiger partial charge is 0.306 e. The number of imidazole rings is 1. The van der Waals surface area contributed by atoms with E-state index in [4.69, 9.17) is 0 Å². The summed E-state index contributed by atoms with van der Waals surface area (Å²) in [6, 6.07) is 5.42. The van der Waals surface area contributed by atoms with E-state index in [0.717, 1.165) is 16.6 Å². The molecule has 4 heteroatoms. The van der Waals surface area contributed by atoms with E-state index in [2.05, 4.69) is 9.97 Å². The lowest BCUT2D eigenvalue weighted by molar-refractivity contribution is 0.0951. The monoisotopic (exact) mass is 242 g/mol. The van der Waals surface area contributed by atoms with Crippen LogP contribution in [-0.2, 0) is 0 Å². The largest absolute Gasteiger partial charge is 0.323 e. The van der Waals surface area contributed by atoms with Crippen LogP contribution in [0.4, 0.5) is 0 Å². The van der Waals surface area contributed by atoms with Gasteiger partial charge in [0.05, 0.1) is 11.0 Å². The molecule has 2 unspecified atom stereocenters. The Labute approximate surface area is 103 Å². The number of nitrogens with one attached hydrogen (secondary N) is 2. The average molecular weight is 242 g/mol. The minimum Gasteiger partial charge on any atom is -0.306 e. The molecular formula is C14H14N2O2. The quantitative estimate of drug-likeness (QED) is 0.792. The Hall–Kier alpha value is -1.84. The Morgan fingerprint density at radius 1 is 1.11 bits per heavy atom. The molecule has 2 aliphatic rings. The maximum Gasteiger partial charge on any atom is 0.323 e. The molecule has 1 heterocycles. The fourth-order valence-electron chi connectivity index (χ4n) is 3.59. The predicted octanol–water partition coefficient (Wildman–Crippen LogP) is 2.08. The van der Waals surface area contributed by atoms with Gasteiger partial charge in [0.1, 0.15) is 0 Å². The van der Waals surface area contributed by atoms with Crippen LogP contribution in [-0.4, -0.2) is 15.8 Å². The number of carbonyl (C=O) groups is 1. The Balaban J connectivity index is 1.70. The summed E-state index contributed by atoms with van der Waals surface area (Å²) in [6.07, 6.45) is 3.71. The van der Waals surface area contributed by atoms with Gasteiger partial charge in [0, 0.05) is 11.5 Å². The van der Waals surface area contributed by atoms with Gasteiger partial charge in [0.25, 0.3) is 0 Å². The van der Waals surface area contributed by atoms with Crippen molar-refractivity contribution in [2.45, 2.75) is 19.3 Å². The molecule has 0 saturated heterocycles. The molecule has 2 aromatic rings. The molecule has 2 N–H and O–H groups in total. The molecule has 1 aromatic carbocycles. The molecule has 4 nitrogen and oxygen atoms in total. The second-order valence-electron chi connectivity index (χ2n) is 5.49. The average Bonchev–Trinajstić information content (AvgIpc) is 2.74. The molecule has 0 aliphatic heterocycles. The number of ketones is 1. The number of fused-ring (bicyclic) bond motifs is 2. The van der Waals surface area contributed by atoms with Crippen molar-refractivity contribution in [2.24, 2.45) is 17.8 Å². The first-order valence-electron chi connectivity index (χ1n) is 6.50. The highest BCUT2D eigenvalue weighted by molar-refractivity contribution is 6.02. The van der Waals surface area contributed by atoms with E-state index in [1.165, 1.54) is 19.3 Å². The van der Waals surface area contributed by atoms with Gasteiger partial charge >= 0.3 is 5.69 Å². The van der Waals surface area contributed by atoms with Gasteiger partial charge in [-0.15, -0.1) is 0 Å². The van der Waals surface area contributed by atoms with E-state index in [1.807, 2.05) is 6.07 Å². The van der Waals surface area contributed by atoms with Gasteiger partial charge in [0.2, 0.25) is 0 Å². The molecular weight excluding hydrogens is 228 g/mol. The molecule has 4 rings (SSSR count). The minimum atomic E-state index is -0.224. The molecule has 92 valence electrons. The summed E-state index contributed by atoms with van der Waals surface area (Å²) in [4.78, 5) is 28.9. The first-order chi connectivity index (χ1) is 8.74. The molecule has 2 aliphatic carbocycles. The standard InChI is InChI=1S/C14H14N2O2/c17-13(12-8-2-1-3-9(8)12)7-4-5-10-11(6-7)16-14(18)15-10/h4-6,8-9,12H,1-3H2,(H2,15,16,18). The van der Waals surface area contributed by atoms with E-state index in [9.17, 15) is 9.59 Å². The Bertz CT molecular complexity index is 687. The summed E-state index contributed by atoms with van der Waals surface area (Å²) >= 11 is 0. The number of rotatable bonds is 2. The topological polar surface area (TPSA) is 65.7 Å². The van der Waals surface area contributed by atoms with E-state index in [-0.39, 0.29) is 17.4 Å². The van der Waals surface area contributed by atoms with Crippen molar-refractivity contribution in [1.29, 1.82) is 0 Å². The molecule has 0 amide bonds. The van der Waals surface area contributed by atoms with Gasteiger partial charge < -0.3 is 9.97 Å². The third kappa shape index (κ3) is 1.32. The molecule has 2 saturated carbocycles. The number of hydrogen-bond donors (Lipinski definition) is 2. The highest BCUT2D eigenvalue weighted by Gasteiger charge is 2.56. The third-order valence-electron chi connectivity index (χ3n) is 4.51.